The number of esters is 1. The highest BCUT2D eigenvalue weighted by atomic mass is 16.5. The molecule has 0 saturated carbocycles. The first kappa shape index (κ1) is 21.9. The second kappa shape index (κ2) is 8.91. The number of amides is 1. The Bertz CT molecular complexity index is 1180. The maximum absolute atomic E-state index is 12.9. The molecule has 0 aliphatic rings. The van der Waals surface area contributed by atoms with E-state index in [-0.39, 0.29) is 16.8 Å². The Morgan fingerprint density at radius 2 is 1.74 bits per heavy atom. The Morgan fingerprint density at radius 3 is 2.39 bits per heavy atom. The Labute approximate surface area is 180 Å². The van der Waals surface area contributed by atoms with Crippen LogP contribution < -0.4 is 15.6 Å². The van der Waals surface area contributed by atoms with Crippen molar-refractivity contribution in [2.45, 2.75) is 26.9 Å². The number of aromatic nitrogens is 2. The highest BCUT2D eigenvalue weighted by Crippen LogP contribution is 2.20. The Balaban J connectivity index is 1.77. The second-order valence-corrected chi connectivity index (χ2v) is 7.16. The van der Waals surface area contributed by atoms with Gasteiger partial charge in [-0.1, -0.05) is 24.3 Å². The molecule has 2 aromatic carbocycles. The number of carbonyl (C=O) groups is 2. The fraction of sp³-hybridized carbons (Fsp3) is 0.261. The number of para-hydroxylation sites is 1. The molecule has 0 fully saturated rings. The number of hydrogen-bond donors (Lipinski definition) is 1. The molecule has 162 valence electrons. The number of ether oxygens (including phenoxy) is 2. The summed E-state index contributed by atoms with van der Waals surface area (Å²) in [5.74, 6) is -0.709. The molecule has 8 heteroatoms. The van der Waals surface area contributed by atoms with Crippen LogP contribution in [0.2, 0.25) is 0 Å². The number of anilines is 1. The molecule has 0 aliphatic carbocycles. The van der Waals surface area contributed by atoms with Crippen LogP contribution in [-0.4, -0.2) is 34.5 Å². The average molecular weight is 423 g/mol. The predicted molar refractivity (Wildman–Crippen MR) is 117 cm³/mol. The van der Waals surface area contributed by atoms with Gasteiger partial charge in [0.15, 0.2) is 6.10 Å². The molecule has 1 aromatic heterocycles. The average Bonchev–Trinajstić information content (AvgIpc) is 2.97. The molecule has 1 amide bonds. The minimum atomic E-state index is -1.11. The zero-order chi connectivity index (χ0) is 22.7. The van der Waals surface area contributed by atoms with Crippen LogP contribution in [0.1, 0.15) is 28.5 Å². The van der Waals surface area contributed by atoms with E-state index in [1.807, 2.05) is 25.1 Å². The van der Waals surface area contributed by atoms with Gasteiger partial charge < -0.3 is 14.8 Å². The molecule has 0 saturated heterocycles. The van der Waals surface area contributed by atoms with Gasteiger partial charge in [-0.15, -0.1) is 0 Å². The summed E-state index contributed by atoms with van der Waals surface area (Å²) < 4.78 is 13.6. The summed E-state index contributed by atoms with van der Waals surface area (Å²) >= 11 is 0. The normalized spacial score (nSPS) is 11.6. The van der Waals surface area contributed by atoms with E-state index >= 15 is 0 Å². The summed E-state index contributed by atoms with van der Waals surface area (Å²) in [5.41, 5.74) is 2.15. The topological polar surface area (TPSA) is 91.6 Å². The van der Waals surface area contributed by atoms with Gasteiger partial charge in [-0.25, -0.2) is 9.48 Å². The van der Waals surface area contributed by atoms with Crippen LogP contribution in [0.4, 0.5) is 5.69 Å². The molecule has 0 radical (unpaired) electrons. The molecule has 3 aromatic rings. The molecule has 31 heavy (non-hydrogen) atoms. The lowest BCUT2D eigenvalue weighted by molar-refractivity contribution is -0.123. The molecule has 1 heterocycles. The van der Waals surface area contributed by atoms with Crippen molar-refractivity contribution < 1.29 is 19.1 Å². The van der Waals surface area contributed by atoms with Crippen molar-refractivity contribution in [1.82, 2.24) is 9.36 Å². The van der Waals surface area contributed by atoms with E-state index in [2.05, 4.69) is 5.32 Å². The number of carbonyl (C=O) groups excluding carboxylic acids is 2. The van der Waals surface area contributed by atoms with Crippen LogP contribution in [0.3, 0.4) is 0 Å². The number of nitrogens with zero attached hydrogens (tertiary/aromatic N) is 2. The van der Waals surface area contributed by atoms with Crippen LogP contribution in [0.25, 0.3) is 5.69 Å². The van der Waals surface area contributed by atoms with Crippen molar-refractivity contribution in [2.75, 3.05) is 12.4 Å². The van der Waals surface area contributed by atoms with E-state index in [0.717, 1.165) is 5.56 Å². The van der Waals surface area contributed by atoms with Crippen LogP contribution in [0.5, 0.6) is 5.75 Å². The molecular weight excluding hydrogens is 398 g/mol. The molecule has 0 spiro atoms. The fourth-order valence-corrected chi connectivity index (χ4v) is 3.17. The lowest BCUT2D eigenvalue weighted by atomic mass is 10.1. The summed E-state index contributed by atoms with van der Waals surface area (Å²) in [4.78, 5) is 38.0. The lowest BCUT2D eigenvalue weighted by Gasteiger charge is -2.14. The van der Waals surface area contributed by atoms with Crippen LogP contribution in [0, 0.1) is 13.8 Å². The summed E-state index contributed by atoms with van der Waals surface area (Å²) in [7, 11) is 3.24. The van der Waals surface area contributed by atoms with Crippen molar-refractivity contribution in [2.24, 2.45) is 7.05 Å². The molecule has 0 bridgehead atoms. The number of benzene rings is 2. The minimum Gasteiger partial charge on any atom is -0.496 e. The lowest BCUT2D eigenvalue weighted by Crippen LogP contribution is -2.32. The minimum absolute atomic E-state index is 0.135. The maximum Gasteiger partial charge on any atom is 0.339 e. The van der Waals surface area contributed by atoms with Crippen molar-refractivity contribution in [1.29, 1.82) is 0 Å². The number of methoxy groups -OCH3 is 1. The van der Waals surface area contributed by atoms with Crippen molar-refractivity contribution in [3.8, 4) is 11.4 Å². The van der Waals surface area contributed by atoms with Gasteiger partial charge in [-0.3, -0.25) is 14.3 Å². The molecule has 0 unspecified atom stereocenters. The van der Waals surface area contributed by atoms with Gasteiger partial charge in [-0.05, 0) is 50.6 Å². The fourth-order valence-electron chi connectivity index (χ4n) is 3.17. The molecule has 1 N–H and O–H groups in total. The standard InChI is InChI=1S/C23H25N3O5/c1-14-11-12-17(13-19(14)30-5)23(29)31-16(3)21(27)24-20-15(2)25(4)26(22(20)28)18-9-7-6-8-10-18/h6-13,16H,1-5H3,(H,24,27)/t16-/m0/s1. The summed E-state index contributed by atoms with van der Waals surface area (Å²) in [6.07, 6.45) is -1.11. The zero-order valence-electron chi connectivity index (χ0n) is 18.1. The maximum atomic E-state index is 12.9. The first-order valence-electron chi connectivity index (χ1n) is 9.75. The predicted octanol–water partition coefficient (Wildman–Crippen LogP) is 2.99. The van der Waals surface area contributed by atoms with Gasteiger partial charge in [-0.2, -0.15) is 0 Å². The van der Waals surface area contributed by atoms with Crippen molar-refractivity contribution >= 4 is 17.6 Å². The molecular formula is C23H25N3O5. The number of aryl methyl sites for hydroxylation is 1. The quantitative estimate of drug-likeness (QED) is 0.616. The SMILES string of the molecule is COc1cc(C(=O)O[C@@H](C)C(=O)Nc2c(C)n(C)n(-c3ccccc3)c2=O)ccc1C. The van der Waals surface area contributed by atoms with Gasteiger partial charge in [0.1, 0.15) is 11.4 Å². The van der Waals surface area contributed by atoms with Gasteiger partial charge in [0.05, 0.1) is 24.1 Å². The van der Waals surface area contributed by atoms with Crippen LogP contribution in [-0.2, 0) is 16.6 Å². The zero-order valence-corrected chi connectivity index (χ0v) is 18.1. The molecule has 8 nitrogen and oxygen atoms in total. The van der Waals surface area contributed by atoms with Gasteiger partial charge in [0.2, 0.25) is 0 Å². The highest BCUT2D eigenvalue weighted by molar-refractivity contribution is 5.97. The van der Waals surface area contributed by atoms with E-state index < -0.39 is 18.0 Å². The Morgan fingerprint density at radius 1 is 1.06 bits per heavy atom. The van der Waals surface area contributed by atoms with E-state index in [1.54, 1.807) is 49.0 Å². The van der Waals surface area contributed by atoms with Gasteiger partial charge in [0, 0.05) is 7.05 Å². The van der Waals surface area contributed by atoms with Gasteiger partial charge in [0.25, 0.3) is 11.5 Å². The second-order valence-electron chi connectivity index (χ2n) is 7.16. The number of hydrogen-bond acceptors (Lipinski definition) is 5. The Hall–Kier alpha value is -3.81. The summed E-state index contributed by atoms with van der Waals surface area (Å²) in [5, 5.41) is 2.60. The third-order valence-corrected chi connectivity index (χ3v) is 5.10. The first-order chi connectivity index (χ1) is 14.7. The summed E-state index contributed by atoms with van der Waals surface area (Å²) in [6, 6.07) is 14.0. The van der Waals surface area contributed by atoms with Crippen LogP contribution >= 0.6 is 0 Å². The first-order valence-corrected chi connectivity index (χ1v) is 9.75. The molecule has 0 aliphatic heterocycles. The summed E-state index contributed by atoms with van der Waals surface area (Å²) in [6.45, 7) is 5.03. The van der Waals surface area contributed by atoms with E-state index in [0.29, 0.717) is 17.1 Å². The van der Waals surface area contributed by atoms with Gasteiger partial charge >= 0.3 is 5.97 Å². The Kier molecular flexibility index (Phi) is 6.29. The number of nitrogens with one attached hydrogen (secondary N) is 1. The largest absolute Gasteiger partial charge is 0.496 e. The molecule has 3 rings (SSSR count). The van der Waals surface area contributed by atoms with Crippen molar-refractivity contribution in [3.63, 3.8) is 0 Å². The number of rotatable bonds is 6. The van der Waals surface area contributed by atoms with Crippen LogP contribution in [0.15, 0.2) is 53.3 Å². The van der Waals surface area contributed by atoms with E-state index in [9.17, 15) is 14.4 Å². The van der Waals surface area contributed by atoms with E-state index in [1.165, 1.54) is 18.7 Å². The third kappa shape index (κ3) is 4.37. The smallest absolute Gasteiger partial charge is 0.339 e. The highest BCUT2D eigenvalue weighted by Gasteiger charge is 2.24. The van der Waals surface area contributed by atoms with E-state index in [4.69, 9.17) is 9.47 Å². The molecule has 1 atom stereocenters. The monoisotopic (exact) mass is 423 g/mol. The third-order valence-electron chi connectivity index (χ3n) is 5.10. The van der Waals surface area contributed by atoms with Crippen molar-refractivity contribution in [3.05, 3.63) is 75.7 Å².